The molecule has 0 bridgehead atoms. The topological polar surface area (TPSA) is 49.5 Å². The van der Waals surface area contributed by atoms with Gasteiger partial charge in [0.15, 0.2) is 0 Å². The summed E-state index contributed by atoms with van der Waals surface area (Å²) in [5.41, 5.74) is 7.09. The average molecular weight is 276 g/mol. The van der Waals surface area contributed by atoms with Crippen molar-refractivity contribution in [2.45, 2.75) is 26.0 Å². The fourth-order valence-corrected chi connectivity index (χ4v) is 2.55. The number of hydrogen-bond donors (Lipinski definition) is 2. The zero-order chi connectivity index (χ0) is 14.5. The molecule has 1 aliphatic rings. The molecule has 1 aromatic carbocycles. The summed E-state index contributed by atoms with van der Waals surface area (Å²) < 4.78 is 13.3. The van der Waals surface area contributed by atoms with E-state index in [0.717, 1.165) is 31.6 Å². The van der Waals surface area contributed by atoms with Gasteiger partial charge < -0.3 is 10.8 Å². The van der Waals surface area contributed by atoms with Gasteiger partial charge in [0.25, 0.3) is 0 Å². The van der Waals surface area contributed by atoms with Gasteiger partial charge in [0.1, 0.15) is 5.82 Å². The molecule has 0 aliphatic carbocycles. The first kappa shape index (κ1) is 15.0. The van der Waals surface area contributed by atoms with Crippen molar-refractivity contribution < 1.29 is 9.50 Å². The summed E-state index contributed by atoms with van der Waals surface area (Å²) >= 11 is 0. The maximum Gasteiger partial charge on any atom is 0.124 e. The van der Waals surface area contributed by atoms with Crippen molar-refractivity contribution in [3.63, 3.8) is 0 Å². The lowest BCUT2D eigenvalue weighted by atomic mass is 9.96. The predicted octanol–water partition coefficient (Wildman–Crippen LogP) is 1.34. The van der Waals surface area contributed by atoms with Gasteiger partial charge in [-0.05, 0) is 30.0 Å². The highest BCUT2D eigenvalue weighted by atomic mass is 19.1. The van der Waals surface area contributed by atoms with Crippen LogP contribution in [0.2, 0.25) is 0 Å². The molecule has 3 nitrogen and oxygen atoms in total. The molecule has 3 N–H and O–H groups in total. The second-order valence-corrected chi connectivity index (χ2v) is 5.38. The van der Waals surface area contributed by atoms with Gasteiger partial charge in [-0.1, -0.05) is 24.8 Å². The molecular weight excluding hydrogens is 255 g/mol. The Bertz CT molecular complexity index is 521. The zero-order valence-electron chi connectivity index (χ0n) is 11.8. The fraction of sp³-hybridized carbons (Fsp3) is 0.500. The molecule has 0 aromatic heterocycles. The van der Waals surface area contributed by atoms with Crippen molar-refractivity contribution in [3.05, 3.63) is 35.1 Å². The van der Waals surface area contributed by atoms with Crippen LogP contribution in [0, 0.1) is 23.6 Å². The molecule has 1 fully saturated rings. The maximum absolute atomic E-state index is 13.3. The van der Waals surface area contributed by atoms with Crippen LogP contribution in [0.25, 0.3) is 0 Å². The molecule has 0 spiro atoms. The maximum atomic E-state index is 13.3. The van der Waals surface area contributed by atoms with Crippen LogP contribution in [0.5, 0.6) is 0 Å². The molecule has 0 amide bonds. The molecule has 20 heavy (non-hydrogen) atoms. The third-order valence-electron chi connectivity index (χ3n) is 3.74. The van der Waals surface area contributed by atoms with E-state index >= 15 is 0 Å². The number of nitrogens with zero attached hydrogens (tertiary/aromatic N) is 1. The number of benzene rings is 1. The Hall–Kier alpha value is -1.41. The van der Waals surface area contributed by atoms with Crippen molar-refractivity contribution in [3.8, 4) is 11.8 Å². The lowest BCUT2D eigenvalue weighted by Crippen LogP contribution is -2.41. The van der Waals surface area contributed by atoms with E-state index in [4.69, 9.17) is 5.73 Å². The number of nitrogens with two attached hydrogens (primary N) is 1. The Labute approximate surface area is 119 Å². The molecular formula is C16H21FN2O. The number of aliphatic hydroxyl groups excluding tert-OH is 1. The van der Waals surface area contributed by atoms with E-state index in [2.05, 4.69) is 23.7 Å². The highest BCUT2D eigenvalue weighted by Gasteiger charge is 2.24. The van der Waals surface area contributed by atoms with Gasteiger partial charge in [-0.3, -0.25) is 4.90 Å². The summed E-state index contributed by atoms with van der Waals surface area (Å²) in [4.78, 5) is 2.28. The van der Waals surface area contributed by atoms with Crippen LogP contribution in [0.1, 0.15) is 24.5 Å². The summed E-state index contributed by atoms with van der Waals surface area (Å²) in [5, 5.41) is 9.76. The van der Waals surface area contributed by atoms with E-state index in [-0.39, 0.29) is 24.4 Å². The van der Waals surface area contributed by atoms with E-state index in [9.17, 15) is 9.50 Å². The first-order chi connectivity index (χ1) is 9.60. The molecule has 2 atom stereocenters. The highest BCUT2D eigenvalue weighted by Crippen LogP contribution is 2.20. The number of hydrogen-bond acceptors (Lipinski definition) is 3. The molecule has 2 unspecified atom stereocenters. The quantitative estimate of drug-likeness (QED) is 0.801. The van der Waals surface area contributed by atoms with Gasteiger partial charge >= 0.3 is 0 Å². The van der Waals surface area contributed by atoms with Crippen molar-refractivity contribution in [2.24, 2.45) is 11.7 Å². The minimum Gasteiger partial charge on any atom is -0.393 e. The van der Waals surface area contributed by atoms with Gasteiger partial charge in [0.2, 0.25) is 0 Å². The lowest BCUT2D eigenvalue weighted by molar-refractivity contribution is 0.0320. The summed E-state index contributed by atoms with van der Waals surface area (Å²) in [5.74, 6) is 5.70. The molecule has 0 radical (unpaired) electrons. The Kier molecular flexibility index (Phi) is 5.13. The van der Waals surface area contributed by atoms with Crippen LogP contribution < -0.4 is 5.73 Å². The number of rotatable bonds is 2. The molecule has 1 aromatic rings. The first-order valence-corrected chi connectivity index (χ1v) is 6.98. The van der Waals surface area contributed by atoms with Crippen LogP contribution in [-0.2, 0) is 6.54 Å². The third kappa shape index (κ3) is 3.80. The Morgan fingerprint density at radius 1 is 1.50 bits per heavy atom. The highest BCUT2D eigenvalue weighted by molar-refractivity contribution is 5.42. The van der Waals surface area contributed by atoms with Gasteiger partial charge in [0, 0.05) is 25.2 Å². The Balaban J connectivity index is 2.12. The van der Waals surface area contributed by atoms with E-state index in [1.807, 2.05) is 0 Å². The van der Waals surface area contributed by atoms with Crippen LogP contribution in [0.3, 0.4) is 0 Å². The van der Waals surface area contributed by atoms with E-state index in [0.29, 0.717) is 5.56 Å². The van der Waals surface area contributed by atoms with E-state index in [1.165, 1.54) is 12.1 Å². The standard InChI is InChI=1S/C16H21FN2O/c1-12-10-19(8-6-16(12)20)11-14-4-5-15(17)9-13(14)3-2-7-18/h4-5,9,12,16,20H,6-8,10-11,18H2,1H3. The Morgan fingerprint density at radius 2 is 2.30 bits per heavy atom. The third-order valence-corrected chi connectivity index (χ3v) is 3.74. The van der Waals surface area contributed by atoms with Gasteiger partial charge in [-0.2, -0.15) is 0 Å². The largest absolute Gasteiger partial charge is 0.393 e. The molecule has 0 saturated carbocycles. The van der Waals surface area contributed by atoms with Crippen molar-refractivity contribution in [1.29, 1.82) is 0 Å². The Morgan fingerprint density at radius 3 is 3.00 bits per heavy atom. The number of piperidine rings is 1. The normalized spacial score (nSPS) is 23.2. The minimum atomic E-state index is -0.280. The smallest absolute Gasteiger partial charge is 0.124 e. The molecule has 2 rings (SSSR count). The number of aliphatic hydroxyl groups is 1. The van der Waals surface area contributed by atoms with Crippen molar-refractivity contribution in [1.82, 2.24) is 4.90 Å². The summed E-state index contributed by atoms with van der Waals surface area (Å²) in [6, 6.07) is 4.71. The average Bonchev–Trinajstić information content (AvgIpc) is 2.43. The summed E-state index contributed by atoms with van der Waals surface area (Å²) in [6.07, 6.45) is 0.572. The lowest BCUT2D eigenvalue weighted by Gasteiger charge is -2.34. The van der Waals surface area contributed by atoms with Gasteiger partial charge in [0.05, 0.1) is 12.6 Å². The minimum absolute atomic E-state index is 0.212. The molecule has 108 valence electrons. The van der Waals surface area contributed by atoms with E-state index < -0.39 is 0 Å². The van der Waals surface area contributed by atoms with Crippen LogP contribution in [-0.4, -0.2) is 35.7 Å². The van der Waals surface area contributed by atoms with Crippen LogP contribution in [0.15, 0.2) is 18.2 Å². The van der Waals surface area contributed by atoms with Crippen LogP contribution in [0.4, 0.5) is 4.39 Å². The van der Waals surface area contributed by atoms with Gasteiger partial charge in [-0.15, -0.1) is 0 Å². The van der Waals surface area contributed by atoms with Crippen molar-refractivity contribution in [2.75, 3.05) is 19.6 Å². The first-order valence-electron chi connectivity index (χ1n) is 6.98. The second-order valence-electron chi connectivity index (χ2n) is 5.38. The molecule has 4 heteroatoms. The molecule has 1 saturated heterocycles. The van der Waals surface area contributed by atoms with Crippen molar-refractivity contribution >= 4 is 0 Å². The van der Waals surface area contributed by atoms with E-state index in [1.54, 1.807) is 6.07 Å². The zero-order valence-corrected chi connectivity index (χ0v) is 11.8. The van der Waals surface area contributed by atoms with Gasteiger partial charge in [-0.25, -0.2) is 4.39 Å². The monoisotopic (exact) mass is 276 g/mol. The molecule has 1 aliphatic heterocycles. The number of halogens is 1. The second kappa shape index (κ2) is 6.85. The van der Waals surface area contributed by atoms with Crippen LogP contribution >= 0.6 is 0 Å². The predicted molar refractivity (Wildman–Crippen MR) is 77.4 cm³/mol. The summed E-state index contributed by atoms with van der Waals surface area (Å²) in [6.45, 7) is 4.75. The summed E-state index contributed by atoms with van der Waals surface area (Å²) in [7, 11) is 0. The fourth-order valence-electron chi connectivity index (χ4n) is 2.55. The molecule has 1 heterocycles. The number of likely N-dealkylation sites (tertiary alicyclic amines) is 1. The SMILES string of the molecule is CC1CN(Cc2ccc(F)cc2C#CCN)CCC1O.